The first-order valence-corrected chi connectivity index (χ1v) is 3.85. The molecule has 0 saturated carbocycles. The highest BCUT2D eigenvalue weighted by molar-refractivity contribution is 7.80. The van der Waals surface area contributed by atoms with Crippen LogP contribution < -0.4 is 5.73 Å². The third kappa shape index (κ3) is 3.93. The monoisotopic (exact) mass is 174 g/mol. The van der Waals surface area contributed by atoms with Crippen LogP contribution in [0.25, 0.3) is 0 Å². The van der Waals surface area contributed by atoms with Crippen molar-refractivity contribution in [2.24, 2.45) is 11.7 Å². The van der Waals surface area contributed by atoms with E-state index in [9.17, 15) is 4.79 Å². The second kappa shape index (κ2) is 4.28. The Morgan fingerprint density at radius 3 is 2.36 bits per heavy atom. The highest BCUT2D eigenvalue weighted by Gasteiger charge is 2.14. The van der Waals surface area contributed by atoms with Crippen LogP contribution in [0.1, 0.15) is 13.3 Å². The molecule has 64 valence electrons. The number of carbonyl (C=O) groups excluding carboxylic acids is 1. The summed E-state index contributed by atoms with van der Waals surface area (Å²) >= 11 is 4.68. The maximum absolute atomic E-state index is 11.2. The van der Waals surface area contributed by atoms with Crippen molar-refractivity contribution in [2.45, 2.75) is 13.3 Å². The first-order valence-electron chi connectivity index (χ1n) is 3.44. The van der Waals surface area contributed by atoms with Gasteiger partial charge in [-0.15, -0.1) is 0 Å². The predicted molar refractivity (Wildman–Crippen MR) is 49.3 cm³/mol. The molecule has 0 aromatic carbocycles. The standard InChI is InChI=1S/C7H14N2OS/c1-5(4-6(8)11)7(10)9(2)3/h5H,4H2,1-3H3,(H2,8,11). The van der Waals surface area contributed by atoms with Crippen LogP contribution in [0.15, 0.2) is 0 Å². The molecule has 0 fully saturated rings. The molecule has 0 aliphatic rings. The lowest BCUT2D eigenvalue weighted by atomic mass is 10.1. The van der Waals surface area contributed by atoms with E-state index in [1.807, 2.05) is 6.92 Å². The summed E-state index contributed by atoms with van der Waals surface area (Å²) in [6.07, 6.45) is 0.492. The van der Waals surface area contributed by atoms with Gasteiger partial charge >= 0.3 is 0 Å². The van der Waals surface area contributed by atoms with Crippen molar-refractivity contribution in [3.8, 4) is 0 Å². The Bertz CT molecular complexity index is 168. The minimum atomic E-state index is -0.0949. The lowest BCUT2D eigenvalue weighted by Crippen LogP contribution is -2.30. The van der Waals surface area contributed by atoms with Crippen LogP contribution in [0.2, 0.25) is 0 Å². The van der Waals surface area contributed by atoms with E-state index in [2.05, 4.69) is 12.2 Å². The van der Waals surface area contributed by atoms with Crippen molar-refractivity contribution in [1.82, 2.24) is 4.90 Å². The Morgan fingerprint density at radius 1 is 1.64 bits per heavy atom. The summed E-state index contributed by atoms with van der Waals surface area (Å²) in [6, 6.07) is 0. The number of thiocarbonyl (C=S) groups is 1. The molecule has 0 aromatic rings. The zero-order valence-corrected chi connectivity index (χ0v) is 7.94. The lowest BCUT2D eigenvalue weighted by molar-refractivity contribution is -0.132. The minimum absolute atomic E-state index is 0.0674. The van der Waals surface area contributed by atoms with Crippen molar-refractivity contribution < 1.29 is 4.79 Å². The second-order valence-electron chi connectivity index (χ2n) is 2.80. The zero-order valence-electron chi connectivity index (χ0n) is 7.13. The van der Waals surface area contributed by atoms with E-state index >= 15 is 0 Å². The second-order valence-corrected chi connectivity index (χ2v) is 3.33. The van der Waals surface area contributed by atoms with Crippen molar-refractivity contribution in [1.29, 1.82) is 0 Å². The summed E-state index contributed by atoms with van der Waals surface area (Å²) in [5.41, 5.74) is 5.29. The summed E-state index contributed by atoms with van der Waals surface area (Å²) in [6.45, 7) is 1.82. The lowest BCUT2D eigenvalue weighted by Gasteiger charge is -2.15. The highest BCUT2D eigenvalue weighted by Crippen LogP contribution is 2.04. The Morgan fingerprint density at radius 2 is 2.09 bits per heavy atom. The minimum Gasteiger partial charge on any atom is -0.393 e. The van der Waals surface area contributed by atoms with Crippen LogP contribution in [-0.4, -0.2) is 29.9 Å². The van der Waals surface area contributed by atoms with Gasteiger partial charge in [-0.2, -0.15) is 0 Å². The average molecular weight is 174 g/mol. The van der Waals surface area contributed by atoms with E-state index in [4.69, 9.17) is 5.73 Å². The van der Waals surface area contributed by atoms with Crippen LogP contribution in [0.4, 0.5) is 0 Å². The van der Waals surface area contributed by atoms with Gasteiger partial charge in [-0.1, -0.05) is 19.1 Å². The third-order valence-electron chi connectivity index (χ3n) is 1.37. The maximum Gasteiger partial charge on any atom is 0.225 e. The highest BCUT2D eigenvalue weighted by atomic mass is 32.1. The van der Waals surface area contributed by atoms with Crippen LogP contribution in [0.5, 0.6) is 0 Å². The molecule has 0 bridgehead atoms. The molecule has 0 saturated heterocycles. The molecule has 1 amide bonds. The fraction of sp³-hybridized carbons (Fsp3) is 0.714. The summed E-state index contributed by atoms with van der Waals surface area (Å²) in [5.74, 6) is -0.0275. The zero-order chi connectivity index (χ0) is 9.02. The van der Waals surface area contributed by atoms with Gasteiger partial charge in [0.05, 0.1) is 4.99 Å². The van der Waals surface area contributed by atoms with Crippen LogP contribution >= 0.6 is 12.2 Å². The van der Waals surface area contributed by atoms with Gasteiger partial charge in [0.2, 0.25) is 5.91 Å². The van der Waals surface area contributed by atoms with Crippen LogP contribution in [-0.2, 0) is 4.79 Å². The van der Waals surface area contributed by atoms with Gasteiger partial charge in [0.25, 0.3) is 0 Å². The predicted octanol–water partition coefficient (Wildman–Crippen LogP) is 0.387. The smallest absolute Gasteiger partial charge is 0.225 e. The fourth-order valence-corrected chi connectivity index (χ4v) is 1.08. The van der Waals surface area contributed by atoms with E-state index < -0.39 is 0 Å². The molecule has 0 aliphatic carbocycles. The molecule has 0 rings (SSSR count). The molecule has 0 aliphatic heterocycles. The number of nitrogens with zero attached hydrogens (tertiary/aromatic N) is 1. The average Bonchev–Trinajstić information content (AvgIpc) is 1.84. The molecule has 1 atom stereocenters. The number of nitrogens with two attached hydrogens (primary N) is 1. The van der Waals surface area contributed by atoms with Gasteiger partial charge < -0.3 is 10.6 Å². The van der Waals surface area contributed by atoms with E-state index in [1.54, 1.807) is 19.0 Å². The first-order chi connectivity index (χ1) is 4.95. The van der Waals surface area contributed by atoms with E-state index in [1.165, 1.54) is 0 Å². The molecule has 11 heavy (non-hydrogen) atoms. The van der Waals surface area contributed by atoms with E-state index in [0.29, 0.717) is 11.4 Å². The number of hydrogen-bond acceptors (Lipinski definition) is 2. The summed E-state index contributed by atoms with van der Waals surface area (Å²) in [5, 5.41) is 0. The molecule has 2 N–H and O–H groups in total. The molecular weight excluding hydrogens is 160 g/mol. The Kier molecular flexibility index (Phi) is 4.03. The molecule has 0 spiro atoms. The van der Waals surface area contributed by atoms with Gasteiger partial charge in [0.15, 0.2) is 0 Å². The largest absolute Gasteiger partial charge is 0.393 e. The Balaban J connectivity index is 3.93. The number of carbonyl (C=O) groups is 1. The molecule has 4 heteroatoms. The number of hydrogen-bond donors (Lipinski definition) is 1. The summed E-state index contributed by atoms with van der Waals surface area (Å²) in [4.78, 5) is 13.1. The van der Waals surface area contributed by atoms with Gasteiger partial charge in [-0.25, -0.2) is 0 Å². The Labute approximate surface area is 72.5 Å². The molecule has 1 unspecified atom stereocenters. The maximum atomic E-state index is 11.2. The number of amides is 1. The van der Waals surface area contributed by atoms with Crippen molar-refractivity contribution >= 4 is 23.1 Å². The summed E-state index contributed by atoms with van der Waals surface area (Å²) in [7, 11) is 3.44. The number of rotatable bonds is 3. The van der Waals surface area contributed by atoms with E-state index in [-0.39, 0.29) is 11.8 Å². The van der Waals surface area contributed by atoms with Crippen LogP contribution in [0.3, 0.4) is 0 Å². The van der Waals surface area contributed by atoms with E-state index in [0.717, 1.165) is 0 Å². The van der Waals surface area contributed by atoms with Crippen molar-refractivity contribution in [2.75, 3.05) is 14.1 Å². The molecular formula is C7H14N2OS. The quantitative estimate of drug-likeness (QED) is 0.629. The molecule has 0 heterocycles. The Hall–Kier alpha value is -0.640. The SMILES string of the molecule is CC(CC(N)=S)C(=O)N(C)C. The van der Waals surface area contributed by atoms with Crippen LogP contribution in [0, 0.1) is 5.92 Å². The summed E-state index contributed by atoms with van der Waals surface area (Å²) < 4.78 is 0. The normalized spacial score (nSPS) is 12.3. The first kappa shape index (κ1) is 10.4. The molecule has 0 radical (unpaired) electrons. The molecule has 3 nitrogen and oxygen atoms in total. The van der Waals surface area contributed by atoms with Gasteiger partial charge in [0, 0.05) is 26.4 Å². The molecule has 0 aromatic heterocycles. The third-order valence-corrected chi connectivity index (χ3v) is 1.54. The fourth-order valence-electron chi connectivity index (χ4n) is 0.830. The van der Waals surface area contributed by atoms with Crippen molar-refractivity contribution in [3.63, 3.8) is 0 Å². The van der Waals surface area contributed by atoms with Crippen molar-refractivity contribution in [3.05, 3.63) is 0 Å². The van der Waals surface area contributed by atoms with Gasteiger partial charge in [0.1, 0.15) is 0 Å². The van der Waals surface area contributed by atoms with Gasteiger partial charge in [-0.05, 0) is 0 Å². The van der Waals surface area contributed by atoms with Gasteiger partial charge in [-0.3, -0.25) is 4.79 Å². The topological polar surface area (TPSA) is 46.3 Å².